The molecule has 2 aliphatic rings. The molecular weight excluding hydrogens is 572 g/mol. The highest BCUT2D eigenvalue weighted by molar-refractivity contribution is 5.77. The van der Waals surface area contributed by atoms with Gasteiger partial charge in [-0.3, -0.25) is 9.78 Å². The zero-order valence-corrected chi connectivity index (χ0v) is 22.7. The van der Waals surface area contributed by atoms with E-state index in [1.54, 1.807) is 6.20 Å². The topological polar surface area (TPSA) is 111 Å². The second-order valence-electron chi connectivity index (χ2n) is 10.1. The lowest BCUT2D eigenvalue weighted by Crippen LogP contribution is -2.34. The van der Waals surface area contributed by atoms with Gasteiger partial charge >= 0.3 is 24.3 Å². The number of amides is 1. The molecule has 2 fully saturated rings. The number of aryl methyl sites for hydroxylation is 2. The van der Waals surface area contributed by atoms with Crippen molar-refractivity contribution in [2.45, 2.75) is 50.9 Å². The minimum absolute atomic E-state index is 0.309. The Hall–Kier alpha value is -3.68. The van der Waals surface area contributed by atoms with Crippen molar-refractivity contribution in [3.05, 3.63) is 66.0 Å². The predicted molar refractivity (Wildman–Crippen MR) is 139 cm³/mol. The maximum absolute atomic E-state index is 12.7. The maximum atomic E-state index is 12.7. The lowest BCUT2D eigenvalue weighted by Gasteiger charge is -2.25. The Morgan fingerprint density at radius 2 is 1.38 bits per heavy atom. The minimum Gasteiger partial charge on any atom is -0.475 e. The van der Waals surface area contributed by atoms with Crippen molar-refractivity contribution in [3.8, 4) is 0 Å². The minimum atomic E-state index is -5.08. The Morgan fingerprint density at radius 3 is 1.93 bits per heavy atom. The number of aromatic nitrogens is 1. The van der Waals surface area contributed by atoms with E-state index in [-0.39, 0.29) is 0 Å². The Kier molecular flexibility index (Phi) is 12.8. The van der Waals surface area contributed by atoms with Crippen LogP contribution in [-0.4, -0.2) is 87.9 Å². The van der Waals surface area contributed by atoms with Crippen LogP contribution < -0.4 is 0 Å². The average Bonchev–Trinajstić information content (AvgIpc) is 3.54. The molecule has 4 rings (SSSR count). The van der Waals surface area contributed by atoms with E-state index in [4.69, 9.17) is 19.8 Å². The van der Waals surface area contributed by atoms with Gasteiger partial charge in [-0.25, -0.2) is 9.59 Å². The molecule has 2 N–H and O–H groups in total. The van der Waals surface area contributed by atoms with E-state index >= 15 is 0 Å². The molecule has 1 unspecified atom stereocenters. The molecule has 1 aromatic heterocycles. The fraction of sp³-hybridized carbons (Fsp3) is 0.500. The van der Waals surface area contributed by atoms with E-state index < -0.39 is 24.3 Å². The van der Waals surface area contributed by atoms with Crippen molar-refractivity contribution in [2.24, 2.45) is 5.41 Å². The Labute approximate surface area is 238 Å². The van der Waals surface area contributed by atoms with Gasteiger partial charge in [-0.15, -0.1) is 0 Å². The number of nitrogens with zero attached hydrogens (tertiary/aromatic N) is 3. The highest BCUT2D eigenvalue weighted by Crippen LogP contribution is 2.39. The number of carboxylic acids is 2. The summed E-state index contributed by atoms with van der Waals surface area (Å²) in [7, 11) is 0. The summed E-state index contributed by atoms with van der Waals surface area (Å²) in [4.78, 5) is 39.3. The normalized spacial score (nSPS) is 18.6. The largest absolute Gasteiger partial charge is 0.490 e. The summed E-state index contributed by atoms with van der Waals surface area (Å²) in [5, 5.41) is 14.2. The van der Waals surface area contributed by atoms with Gasteiger partial charge in [-0.2, -0.15) is 26.3 Å². The van der Waals surface area contributed by atoms with Gasteiger partial charge in [0, 0.05) is 43.9 Å². The number of pyridine rings is 1. The van der Waals surface area contributed by atoms with Gasteiger partial charge in [0.05, 0.1) is 0 Å². The summed E-state index contributed by atoms with van der Waals surface area (Å²) >= 11 is 0. The SMILES string of the molecule is O=C(CCc1cccnc1)N1CCC2(CCN(CCCc3ccccc3)C2)C1.O=C(O)C(F)(F)F.O=C(O)C(F)(F)F. The number of halogens is 6. The molecule has 0 bridgehead atoms. The molecule has 1 amide bonds. The fourth-order valence-corrected chi connectivity index (χ4v) is 4.81. The van der Waals surface area contributed by atoms with Crippen LogP contribution in [0.4, 0.5) is 26.3 Å². The van der Waals surface area contributed by atoms with Crippen LogP contribution in [0.25, 0.3) is 0 Å². The van der Waals surface area contributed by atoms with Crippen molar-refractivity contribution in [2.75, 3.05) is 32.7 Å². The molecule has 1 atom stereocenters. The molecule has 0 radical (unpaired) electrons. The van der Waals surface area contributed by atoms with E-state index in [0.29, 0.717) is 17.7 Å². The molecule has 232 valence electrons. The van der Waals surface area contributed by atoms with Crippen LogP contribution in [0.2, 0.25) is 0 Å². The molecule has 1 aromatic carbocycles. The van der Waals surface area contributed by atoms with Crippen molar-refractivity contribution in [1.29, 1.82) is 0 Å². The van der Waals surface area contributed by atoms with Crippen molar-refractivity contribution >= 4 is 17.8 Å². The van der Waals surface area contributed by atoms with E-state index in [9.17, 15) is 31.1 Å². The summed E-state index contributed by atoms with van der Waals surface area (Å²) in [6.07, 6.45) is -0.350. The van der Waals surface area contributed by atoms with Gasteiger partial charge in [0.25, 0.3) is 0 Å². The van der Waals surface area contributed by atoms with Crippen LogP contribution in [-0.2, 0) is 27.2 Å². The first kappa shape index (κ1) is 34.5. The smallest absolute Gasteiger partial charge is 0.475 e. The molecular formula is C28H33F6N3O5. The van der Waals surface area contributed by atoms with Crippen molar-refractivity contribution < 1.29 is 50.9 Å². The zero-order valence-electron chi connectivity index (χ0n) is 22.7. The number of rotatable bonds is 7. The Bertz CT molecular complexity index is 1120. The molecule has 0 aliphatic carbocycles. The number of carboxylic acid groups (broad SMARTS) is 2. The maximum Gasteiger partial charge on any atom is 0.490 e. The van der Waals surface area contributed by atoms with Gasteiger partial charge in [-0.05, 0) is 62.4 Å². The van der Waals surface area contributed by atoms with Crippen LogP contribution in [0.3, 0.4) is 0 Å². The summed E-state index contributed by atoms with van der Waals surface area (Å²) in [5.74, 6) is -5.21. The van der Waals surface area contributed by atoms with Crippen molar-refractivity contribution in [3.63, 3.8) is 0 Å². The molecule has 1 spiro atoms. The van der Waals surface area contributed by atoms with Crippen LogP contribution in [0.1, 0.15) is 36.8 Å². The monoisotopic (exact) mass is 605 g/mol. The first-order chi connectivity index (χ1) is 19.6. The number of alkyl halides is 6. The van der Waals surface area contributed by atoms with Gasteiger partial charge in [0.2, 0.25) is 5.91 Å². The molecule has 42 heavy (non-hydrogen) atoms. The lowest BCUT2D eigenvalue weighted by atomic mass is 9.86. The summed E-state index contributed by atoms with van der Waals surface area (Å²) in [6, 6.07) is 14.8. The van der Waals surface area contributed by atoms with E-state index in [1.165, 1.54) is 37.9 Å². The van der Waals surface area contributed by atoms with E-state index in [0.717, 1.165) is 38.0 Å². The highest BCUT2D eigenvalue weighted by atomic mass is 19.4. The first-order valence-electron chi connectivity index (χ1n) is 13.1. The summed E-state index contributed by atoms with van der Waals surface area (Å²) < 4.78 is 63.5. The van der Waals surface area contributed by atoms with Crippen LogP contribution >= 0.6 is 0 Å². The highest BCUT2D eigenvalue weighted by Gasteiger charge is 2.44. The number of benzene rings is 1. The van der Waals surface area contributed by atoms with E-state index in [2.05, 4.69) is 51.2 Å². The molecule has 2 aromatic rings. The van der Waals surface area contributed by atoms with Gasteiger partial charge < -0.3 is 20.0 Å². The quantitative estimate of drug-likeness (QED) is 0.435. The zero-order chi connectivity index (χ0) is 31.4. The average molecular weight is 606 g/mol. The summed E-state index contributed by atoms with van der Waals surface area (Å²) in [5.41, 5.74) is 2.93. The first-order valence-corrected chi connectivity index (χ1v) is 13.1. The number of carbonyl (C=O) groups excluding carboxylic acids is 1. The van der Waals surface area contributed by atoms with Crippen LogP contribution in [0.5, 0.6) is 0 Å². The molecule has 14 heteroatoms. The Morgan fingerprint density at radius 1 is 0.810 bits per heavy atom. The standard InChI is InChI=1S/C24H31N3O.2C2HF3O2/c28-23(11-10-22-8-4-14-25-18-22)27-17-13-24(20-27)12-16-26(19-24)15-5-9-21-6-2-1-3-7-21;2*3-2(4,5)1(6)7/h1-4,6-8,14,18H,5,9-13,15-17,19-20H2;2*(H,6,7). The van der Waals surface area contributed by atoms with Gasteiger partial charge in [0.1, 0.15) is 0 Å². The van der Waals surface area contributed by atoms with Crippen molar-refractivity contribution in [1.82, 2.24) is 14.8 Å². The molecule has 2 aliphatic heterocycles. The number of hydrogen-bond donors (Lipinski definition) is 2. The number of likely N-dealkylation sites (tertiary alicyclic amines) is 2. The van der Waals surface area contributed by atoms with E-state index in [1.807, 2.05) is 12.3 Å². The predicted octanol–water partition coefficient (Wildman–Crippen LogP) is 4.84. The van der Waals surface area contributed by atoms with Gasteiger partial charge in [0.15, 0.2) is 0 Å². The third-order valence-electron chi connectivity index (χ3n) is 6.93. The number of aliphatic carboxylic acids is 2. The molecule has 8 nitrogen and oxygen atoms in total. The molecule has 3 heterocycles. The van der Waals surface area contributed by atoms with Crippen LogP contribution in [0, 0.1) is 5.41 Å². The number of hydrogen-bond acceptors (Lipinski definition) is 5. The second kappa shape index (κ2) is 15.5. The van der Waals surface area contributed by atoms with Gasteiger partial charge in [-0.1, -0.05) is 36.4 Å². The second-order valence-corrected chi connectivity index (χ2v) is 10.1. The third-order valence-corrected chi connectivity index (χ3v) is 6.93. The lowest BCUT2D eigenvalue weighted by molar-refractivity contribution is -0.193. The molecule has 2 saturated heterocycles. The molecule has 0 saturated carbocycles. The number of carbonyl (C=O) groups is 3. The third kappa shape index (κ3) is 12.0. The summed E-state index contributed by atoms with van der Waals surface area (Å²) in [6.45, 7) is 5.41. The van der Waals surface area contributed by atoms with Crippen LogP contribution in [0.15, 0.2) is 54.9 Å². The fourth-order valence-electron chi connectivity index (χ4n) is 4.81. The Balaban J connectivity index is 0.000000367.